The Hall–Kier alpha value is -2.15. The van der Waals surface area contributed by atoms with Crippen LogP contribution in [-0.2, 0) is 12.8 Å². The van der Waals surface area contributed by atoms with E-state index in [1.54, 1.807) is 24.5 Å². The minimum absolute atomic E-state index is 0.116. The Morgan fingerprint density at radius 2 is 2.10 bits per heavy atom. The van der Waals surface area contributed by atoms with Crippen LogP contribution in [0.4, 0.5) is 16.5 Å². The number of aromatic nitrogens is 1. The molecule has 2 N–H and O–H groups in total. The van der Waals surface area contributed by atoms with Crippen LogP contribution in [0.3, 0.4) is 0 Å². The zero-order valence-corrected chi connectivity index (χ0v) is 12.2. The van der Waals surface area contributed by atoms with E-state index in [2.05, 4.69) is 15.6 Å². The molecule has 0 unspecified atom stereocenters. The second-order valence-electron chi connectivity index (χ2n) is 4.20. The first-order valence-electron chi connectivity index (χ1n) is 6.22. The zero-order chi connectivity index (χ0) is 14.5. The quantitative estimate of drug-likeness (QED) is 0.632. The van der Waals surface area contributed by atoms with Gasteiger partial charge in [-0.25, -0.2) is 4.98 Å². The topological polar surface area (TPSA) is 80.1 Å². The highest BCUT2D eigenvalue weighted by atomic mass is 32.1. The third-order valence-corrected chi connectivity index (χ3v) is 4.06. The minimum Gasteiger partial charge on any atom is -0.382 e. The number of anilines is 2. The highest BCUT2D eigenvalue weighted by Crippen LogP contribution is 2.29. The van der Waals surface area contributed by atoms with Crippen molar-refractivity contribution in [3.8, 4) is 0 Å². The van der Waals surface area contributed by atoms with Crippen LogP contribution < -0.4 is 10.6 Å². The van der Waals surface area contributed by atoms with E-state index in [1.165, 1.54) is 6.07 Å². The van der Waals surface area contributed by atoms with Crippen LogP contribution >= 0.6 is 11.3 Å². The maximum atomic E-state index is 11.0. The molecule has 106 valence electrons. The normalized spacial score (nSPS) is 10.3. The number of aryl methyl sites for hydroxylation is 2. The second kappa shape index (κ2) is 6.33. The van der Waals surface area contributed by atoms with E-state index in [1.807, 2.05) is 19.3 Å². The summed E-state index contributed by atoms with van der Waals surface area (Å²) in [4.78, 5) is 16.0. The molecular weight excluding hydrogens is 276 g/mol. The predicted octanol–water partition coefficient (Wildman–Crippen LogP) is 2.92. The van der Waals surface area contributed by atoms with Gasteiger partial charge in [0.15, 0.2) is 5.13 Å². The zero-order valence-electron chi connectivity index (χ0n) is 11.3. The first-order valence-corrected chi connectivity index (χ1v) is 7.04. The summed E-state index contributed by atoms with van der Waals surface area (Å²) in [6.45, 7) is 0. The van der Waals surface area contributed by atoms with Crippen molar-refractivity contribution >= 4 is 27.8 Å². The van der Waals surface area contributed by atoms with E-state index in [0.717, 1.165) is 28.4 Å². The van der Waals surface area contributed by atoms with Crippen molar-refractivity contribution in [3.63, 3.8) is 0 Å². The third-order valence-electron chi connectivity index (χ3n) is 2.98. The number of nitro groups is 1. The maximum absolute atomic E-state index is 11.0. The van der Waals surface area contributed by atoms with Gasteiger partial charge in [-0.05, 0) is 18.4 Å². The van der Waals surface area contributed by atoms with Crippen molar-refractivity contribution in [1.82, 2.24) is 4.98 Å². The Bertz CT molecular complexity index is 612. The average molecular weight is 292 g/mol. The lowest BCUT2D eigenvalue weighted by molar-refractivity contribution is -0.384. The van der Waals surface area contributed by atoms with Gasteiger partial charge in [-0.3, -0.25) is 10.1 Å². The standard InChI is InChI=1S/C13H16N4O2S/c1-14-12-9(4-3-5-11(12)17(18)19)6-7-10-8-16-13(15-2)20-10/h3-5,8,14H,6-7H2,1-2H3,(H,15,16). The largest absolute Gasteiger partial charge is 0.382 e. The number of thiazole rings is 1. The molecule has 0 atom stereocenters. The first kappa shape index (κ1) is 14.3. The van der Waals surface area contributed by atoms with Gasteiger partial charge >= 0.3 is 0 Å². The molecule has 20 heavy (non-hydrogen) atoms. The lowest BCUT2D eigenvalue weighted by Gasteiger charge is -2.08. The number of rotatable bonds is 6. The number of nitro benzene ring substituents is 1. The van der Waals surface area contributed by atoms with Crippen LogP contribution in [-0.4, -0.2) is 24.0 Å². The van der Waals surface area contributed by atoms with Crippen LogP contribution in [0.1, 0.15) is 10.4 Å². The number of nitrogens with zero attached hydrogens (tertiary/aromatic N) is 2. The highest BCUT2D eigenvalue weighted by Gasteiger charge is 2.16. The van der Waals surface area contributed by atoms with Gasteiger partial charge in [-0.1, -0.05) is 12.1 Å². The summed E-state index contributed by atoms with van der Waals surface area (Å²) in [5.74, 6) is 0. The van der Waals surface area contributed by atoms with Crippen LogP contribution in [0.15, 0.2) is 24.4 Å². The van der Waals surface area contributed by atoms with E-state index in [9.17, 15) is 10.1 Å². The SMILES string of the molecule is CNc1ncc(CCc2cccc([N+](=O)[O-])c2NC)s1. The fourth-order valence-corrected chi connectivity index (χ4v) is 2.80. The summed E-state index contributed by atoms with van der Waals surface area (Å²) < 4.78 is 0. The Labute approximate surface area is 121 Å². The summed E-state index contributed by atoms with van der Waals surface area (Å²) in [6, 6.07) is 5.15. The first-order chi connectivity index (χ1) is 9.65. The van der Waals surface area contributed by atoms with Crippen molar-refractivity contribution in [2.75, 3.05) is 24.7 Å². The number of benzene rings is 1. The van der Waals surface area contributed by atoms with Gasteiger partial charge < -0.3 is 10.6 Å². The molecule has 2 aromatic rings. The molecule has 0 amide bonds. The molecule has 1 heterocycles. The maximum Gasteiger partial charge on any atom is 0.292 e. The molecule has 0 aliphatic heterocycles. The summed E-state index contributed by atoms with van der Waals surface area (Å²) in [7, 11) is 3.54. The van der Waals surface area contributed by atoms with Gasteiger partial charge in [-0.2, -0.15) is 0 Å². The molecule has 1 aromatic carbocycles. The summed E-state index contributed by atoms with van der Waals surface area (Å²) >= 11 is 1.60. The average Bonchev–Trinajstić information content (AvgIpc) is 2.92. The van der Waals surface area contributed by atoms with Gasteiger partial charge in [-0.15, -0.1) is 11.3 Å². The van der Waals surface area contributed by atoms with Crippen LogP contribution in [0.2, 0.25) is 0 Å². The summed E-state index contributed by atoms with van der Waals surface area (Å²) in [6.07, 6.45) is 3.39. The highest BCUT2D eigenvalue weighted by molar-refractivity contribution is 7.15. The lowest BCUT2D eigenvalue weighted by Crippen LogP contribution is -2.01. The van der Waals surface area contributed by atoms with Gasteiger partial charge in [0.2, 0.25) is 0 Å². The molecule has 0 saturated carbocycles. The second-order valence-corrected chi connectivity index (χ2v) is 5.32. The van der Waals surface area contributed by atoms with Crippen molar-refractivity contribution in [2.24, 2.45) is 0 Å². The lowest BCUT2D eigenvalue weighted by atomic mass is 10.1. The molecular formula is C13H16N4O2S. The van der Waals surface area contributed by atoms with E-state index in [-0.39, 0.29) is 10.6 Å². The smallest absolute Gasteiger partial charge is 0.292 e. The van der Waals surface area contributed by atoms with E-state index < -0.39 is 0 Å². The number of hydrogen-bond donors (Lipinski definition) is 2. The number of para-hydroxylation sites is 1. The van der Waals surface area contributed by atoms with Crippen molar-refractivity contribution in [2.45, 2.75) is 12.8 Å². The Kier molecular flexibility index (Phi) is 4.52. The Morgan fingerprint density at radius 3 is 2.70 bits per heavy atom. The monoisotopic (exact) mass is 292 g/mol. The molecule has 6 nitrogen and oxygen atoms in total. The molecule has 0 spiro atoms. The summed E-state index contributed by atoms with van der Waals surface area (Å²) in [5.41, 5.74) is 1.65. The molecule has 0 radical (unpaired) electrons. The minimum atomic E-state index is -0.360. The summed E-state index contributed by atoms with van der Waals surface area (Å²) in [5, 5.41) is 17.8. The molecule has 0 saturated heterocycles. The van der Waals surface area contributed by atoms with E-state index in [4.69, 9.17) is 0 Å². The molecule has 2 rings (SSSR count). The van der Waals surface area contributed by atoms with Gasteiger partial charge in [0.1, 0.15) is 5.69 Å². The number of hydrogen-bond acceptors (Lipinski definition) is 6. The van der Waals surface area contributed by atoms with Crippen molar-refractivity contribution < 1.29 is 4.92 Å². The van der Waals surface area contributed by atoms with Gasteiger partial charge in [0.05, 0.1) is 4.92 Å². The van der Waals surface area contributed by atoms with Crippen molar-refractivity contribution in [1.29, 1.82) is 0 Å². The molecule has 0 aliphatic rings. The molecule has 0 bridgehead atoms. The molecule has 0 aliphatic carbocycles. The van der Waals surface area contributed by atoms with E-state index in [0.29, 0.717) is 5.69 Å². The van der Waals surface area contributed by atoms with Crippen LogP contribution in [0.5, 0.6) is 0 Å². The molecule has 1 aromatic heterocycles. The van der Waals surface area contributed by atoms with Crippen LogP contribution in [0.25, 0.3) is 0 Å². The van der Waals surface area contributed by atoms with Gasteiger partial charge in [0, 0.05) is 31.2 Å². The van der Waals surface area contributed by atoms with Crippen molar-refractivity contribution in [3.05, 3.63) is 45.0 Å². The third kappa shape index (κ3) is 3.05. The molecule has 0 fully saturated rings. The number of nitrogens with one attached hydrogen (secondary N) is 2. The molecule has 7 heteroatoms. The Balaban J connectivity index is 2.16. The fraction of sp³-hybridized carbons (Fsp3) is 0.308. The van der Waals surface area contributed by atoms with Gasteiger partial charge in [0.25, 0.3) is 5.69 Å². The predicted molar refractivity (Wildman–Crippen MR) is 81.7 cm³/mol. The van der Waals surface area contributed by atoms with Crippen LogP contribution in [0, 0.1) is 10.1 Å². The Morgan fingerprint density at radius 1 is 1.30 bits per heavy atom. The fourth-order valence-electron chi connectivity index (χ4n) is 2.03. The van der Waals surface area contributed by atoms with E-state index >= 15 is 0 Å².